The zero-order valence-electron chi connectivity index (χ0n) is 33.8. The molecular weight excluding hydrogens is 917 g/mol. The Balaban J connectivity index is 0.000000378. The molecule has 0 aromatic carbocycles. The van der Waals surface area contributed by atoms with Crippen molar-refractivity contribution in [3.8, 4) is 12.1 Å². The minimum atomic E-state index is -5.13. The van der Waals surface area contributed by atoms with Crippen LogP contribution in [0.25, 0.3) is 0 Å². The van der Waals surface area contributed by atoms with Crippen LogP contribution in [0.15, 0.2) is 58.8 Å². The molecule has 2 aliphatic rings. The molecule has 26 heteroatoms. The van der Waals surface area contributed by atoms with Gasteiger partial charge in [-0.05, 0) is 75.2 Å². The molecular formula is C41H41F10N11O5. The molecule has 6 heterocycles. The number of nitrogens with two attached hydrogens (primary N) is 3. The van der Waals surface area contributed by atoms with E-state index in [0.29, 0.717) is 16.7 Å². The zero-order chi connectivity index (χ0) is 49.0. The number of carboxylic acid groups (broad SMARTS) is 1. The van der Waals surface area contributed by atoms with Crippen LogP contribution < -0.4 is 17.2 Å². The smallest absolute Gasteiger partial charge is 0.428 e. The second-order valence-corrected chi connectivity index (χ2v) is 14.3. The summed E-state index contributed by atoms with van der Waals surface area (Å²) in [5.41, 5.74) is 11.2. The zero-order valence-corrected chi connectivity index (χ0v) is 33.8. The van der Waals surface area contributed by atoms with Gasteiger partial charge in [0.05, 0.1) is 17.5 Å². The number of pyridine rings is 4. The number of aryl methyl sites for hydroxylation is 2. The number of aromatic carboxylic acids is 1. The lowest BCUT2D eigenvalue weighted by molar-refractivity contribution is -0.228. The van der Waals surface area contributed by atoms with Crippen LogP contribution in [0, 0.1) is 48.1 Å². The van der Waals surface area contributed by atoms with E-state index in [9.17, 15) is 53.5 Å². The van der Waals surface area contributed by atoms with E-state index in [0.717, 1.165) is 38.1 Å². The van der Waals surface area contributed by atoms with E-state index < -0.39 is 101 Å². The molecule has 6 atom stereocenters. The van der Waals surface area contributed by atoms with Gasteiger partial charge in [0.15, 0.2) is 23.8 Å². The largest absolute Gasteiger partial charge is 0.477 e. The summed E-state index contributed by atoms with van der Waals surface area (Å²) in [5, 5.41) is 25.9. The van der Waals surface area contributed by atoms with Crippen molar-refractivity contribution < 1.29 is 68.1 Å². The van der Waals surface area contributed by atoms with E-state index in [1.807, 2.05) is 12.1 Å². The minimum absolute atomic E-state index is 0. The number of ether oxygens (including phenoxy) is 2. The van der Waals surface area contributed by atoms with Crippen LogP contribution in [0.3, 0.4) is 0 Å². The molecule has 360 valence electrons. The number of amidine groups is 2. The predicted octanol–water partition coefficient (Wildman–Crippen LogP) is 6.91. The summed E-state index contributed by atoms with van der Waals surface area (Å²) in [6.45, 7) is 5.03. The lowest BCUT2D eigenvalue weighted by Gasteiger charge is -2.38. The van der Waals surface area contributed by atoms with Crippen LogP contribution in [0.2, 0.25) is 0 Å². The number of carbonyl (C=O) groups is 2. The van der Waals surface area contributed by atoms with Gasteiger partial charge in [-0.25, -0.2) is 42.3 Å². The number of halogens is 10. The quantitative estimate of drug-likeness (QED) is 0.113. The monoisotopic (exact) mass is 957 g/mol. The number of aliphatic imine (C=N–C) groups is 2. The van der Waals surface area contributed by atoms with Crippen LogP contribution in [0.5, 0.6) is 0 Å². The van der Waals surface area contributed by atoms with E-state index in [1.54, 1.807) is 13.8 Å². The topological polar surface area (TPSA) is 275 Å². The Bertz CT molecular complexity index is 2640. The average molecular weight is 958 g/mol. The Morgan fingerprint density at radius 3 is 1.52 bits per heavy atom. The summed E-state index contributed by atoms with van der Waals surface area (Å²) in [5.74, 6) is -3.98. The Kier molecular flexibility index (Phi) is 17.5. The molecule has 0 saturated carbocycles. The third-order valence-corrected chi connectivity index (χ3v) is 9.38. The maximum absolute atomic E-state index is 14.9. The van der Waals surface area contributed by atoms with E-state index in [2.05, 4.69) is 39.4 Å². The van der Waals surface area contributed by atoms with Crippen molar-refractivity contribution >= 4 is 29.6 Å². The summed E-state index contributed by atoms with van der Waals surface area (Å²) < 4.78 is 144. The number of ketones is 1. The van der Waals surface area contributed by atoms with Gasteiger partial charge in [-0.1, -0.05) is 14.9 Å². The number of nitrogen functional groups attached to an aromatic ring is 1. The Morgan fingerprint density at radius 2 is 1.13 bits per heavy atom. The number of anilines is 1. The predicted molar refractivity (Wildman–Crippen MR) is 218 cm³/mol. The number of hydrogen-bond donors (Lipinski definition) is 4. The first-order valence-corrected chi connectivity index (χ1v) is 18.1. The summed E-state index contributed by atoms with van der Waals surface area (Å²) in [7, 11) is 0. The van der Waals surface area contributed by atoms with Crippen molar-refractivity contribution in [1.29, 1.82) is 10.5 Å². The van der Waals surface area contributed by atoms with E-state index in [-0.39, 0.29) is 43.3 Å². The molecule has 0 saturated heterocycles. The standard InChI is InChI=1S/C20H16F5N5O2.C11H11F5N4O.C8H6N2O2.2CH4/c1-9-5-10(7-26)8-28-14(9)13(31)6-11-3-4-12(21)16(29-11)19(2)15(22)17(20(23,24)25)32-18(27)30-19;1-10(7-4(12)2-3-5(17)19-7)6(13)8(11(14,15)16)21-9(18)20-10;1-5-2-6(3-9)4-10-7(5)8(11)12;;/h3-5,8,15,17H,6H2,1-2H3,(H2,27,30);2-3,6,8H,1H3,(H2,17,19)(H2,18,20);2,4H,1H3,(H,11,12);2*1H4/t15-,17-,19-;6-,8-,10-;;;/m00.../s1. The van der Waals surface area contributed by atoms with Gasteiger partial charge in [0.25, 0.3) is 12.0 Å². The van der Waals surface area contributed by atoms with E-state index in [4.69, 9.17) is 32.8 Å². The molecule has 0 radical (unpaired) electrons. The summed E-state index contributed by atoms with van der Waals surface area (Å²) in [4.78, 5) is 45.1. The Labute approximate surface area is 375 Å². The van der Waals surface area contributed by atoms with Gasteiger partial charge in [-0.2, -0.15) is 36.9 Å². The minimum Gasteiger partial charge on any atom is -0.477 e. The van der Waals surface area contributed by atoms with Gasteiger partial charge in [-0.3, -0.25) is 14.8 Å². The number of carbonyl (C=O) groups excluding carboxylic acids is 1. The number of alkyl halides is 8. The maximum atomic E-state index is 14.9. The molecule has 6 rings (SSSR count). The molecule has 4 aromatic heterocycles. The molecule has 0 aliphatic carbocycles. The van der Waals surface area contributed by atoms with Crippen molar-refractivity contribution in [2.45, 2.75) is 97.0 Å². The molecule has 7 N–H and O–H groups in total. The lowest BCUT2D eigenvalue weighted by Crippen LogP contribution is -2.55. The first-order chi connectivity index (χ1) is 30.1. The number of carboxylic acids is 1. The van der Waals surface area contributed by atoms with Gasteiger partial charge in [0.2, 0.25) is 12.2 Å². The van der Waals surface area contributed by atoms with Crippen molar-refractivity contribution in [1.82, 2.24) is 19.9 Å². The third kappa shape index (κ3) is 12.4. The number of nitrogens with zero attached hydrogens (tertiary/aromatic N) is 8. The normalized spacial score (nSPS) is 22.0. The van der Waals surface area contributed by atoms with Crippen molar-refractivity contribution in [3.05, 3.63) is 111 Å². The van der Waals surface area contributed by atoms with Gasteiger partial charge in [0, 0.05) is 18.1 Å². The number of rotatable bonds is 6. The maximum Gasteiger partial charge on any atom is 0.428 e. The second-order valence-electron chi connectivity index (χ2n) is 14.3. The molecule has 0 spiro atoms. The van der Waals surface area contributed by atoms with Crippen molar-refractivity contribution in [2.75, 3.05) is 5.73 Å². The highest BCUT2D eigenvalue weighted by atomic mass is 19.4. The van der Waals surface area contributed by atoms with Crippen LogP contribution in [-0.4, -0.2) is 85.7 Å². The second kappa shape index (κ2) is 21.1. The molecule has 0 bridgehead atoms. The molecule has 0 fully saturated rings. The Hall–Kier alpha value is -7.64. The fourth-order valence-corrected chi connectivity index (χ4v) is 6.22. The van der Waals surface area contributed by atoms with Crippen LogP contribution >= 0.6 is 0 Å². The third-order valence-electron chi connectivity index (χ3n) is 9.38. The van der Waals surface area contributed by atoms with Crippen LogP contribution in [-0.2, 0) is 27.0 Å². The first kappa shape index (κ1) is 55.5. The number of nitriles is 2. The van der Waals surface area contributed by atoms with E-state index >= 15 is 0 Å². The van der Waals surface area contributed by atoms with Crippen molar-refractivity contribution in [2.24, 2.45) is 21.5 Å². The molecule has 2 aliphatic heterocycles. The molecule has 0 amide bonds. The molecule has 16 nitrogen and oxygen atoms in total. The average Bonchev–Trinajstić information content (AvgIpc) is 3.21. The van der Waals surface area contributed by atoms with Crippen molar-refractivity contribution in [3.63, 3.8) is 0 Å². The number of Topliss-reactive ketones (excluding diaryl/α,β-unsaturated/α-hetero) is 1. The summed E-state index contributed by atoms with van der Waals surface area (Å²) >= 11 is 0. The number of aromatic nitrogens is 4. The first-order valence-electron chi connectivity index (χ1n) is 18.1. The van der Waals surface area contributed by atoms with Gasteiger partial charge in [-0.15, -0.1) is 0 Å². The SMILES string of the molecule is C.C.C[C@]1(c2nc(N)ccc2F)N=C(N)O[C@H](C(F)(F)F)[C@@H]1F.Cc1cc(C#N)cnc1C(=O)Cc1ccc(F)c([C@@]2(C)N=C(N)O[C@H](C(F)(F)F)[C@@H]2F)n1.Cc1cc(C#N)cnc1C(=O)O. The Morgan fingerprint density at radius 1 is 0.731 bits per heavy atom. The van der Waals surface area contributed by atoms with E-state index in [1.165, 1.54) is 24.5 Å². The fourth-order valence-electron chi connectivity index (χ4n) is 6.22. The molecule has 67 heavy (non-hydrogen) atoms. The summed E-state index contributed by atoms with van der Waals surface area (Å²) in [6, 6.07) is 8.78. The van der Waals surface area contributed by atoms with Gasteiger partial charge in [0.1, 0.15) is 57.8 Å². The fraction of sp³-hybridized carbons (Fsp3) is 0.366. The highest BCUT2D eigenvalue weighted by Gasteiger charge is 2.60. The van der Waals surface area contributed by atoms with Gasteiger partial charge < -0.3 is 31.8 Å². The lowest BCUT2D eigenvalue weighted by atomic mass is 9.87. The van der Waals surface area contributed by atoms with Crippen LogP contribution in [0.4, 0.5) is 49.7 Å². The molecule has 0 unspecified atom stereocenters. The number of hydrogen-bond acceptors (Lipinski definition) is 15. The summed E-state index contributed by atoms with van der Waals surface area (Å²) in [6.07, 6.45) is -19.6. The highest BCUT2D eigenvalue weighted by molar-refractivity contribution is 5.96. The van der Waals surface area contributed by atoms with Crippen LogP contribution in [0.1, 0.15) is 89.0 Å². The highest BCUT2D eigenvalue weighted by Crippen LogP contribution is 2.43. The van der Waals surface area contributed by atoms with Gasteiger partial charge >= 0.3 is 18.3 Å². The molecule has 4 aromatic rings.